The number of esters is 2. The fraction of sp³-hybridized carbons (Fsp3) is 0.785. The minimum atomic E-state index is -0.578. The molecular weight excluding hydrogens is 861 g/mol. The zero-order valence-corrected chi connectivity index (χ0v) is 46.8. The third-order valence-corrected chi connectivity index (χ3v) is 13.2. The summed E-state index contributed by atoms with van der Waals surface area (Å²) in [6.07, 6.45) is 79.6. The molecule has 1 atom stereocenters. The van der Waals surface area contributed by atoms with E-state index < -0.39 is 6.10 Å². The number of allylic oxidation sites excluding steroid dienone is 11. The fourth-order valence-corrected chi connectivity index (χ4v) is 8.75. The van der Waals surface area contributed by atoms with E-state index in [0.717, 1.165) is 64.2 Å². The molecule has 5 heteroatoms. The van der Waals surface area contributed by atoms with E-state index in [-0.39, 0.29) is 25.2 Å². The zero-order valence-electron chi connectivity index (χ0n) is 46.8. The lowest BCUT2D eigenvalue weighted by atomic mass is 10.0. The predicted molar refractivity (Wildman–Crippen MR) is 307 cm³/mol. The summed E-state index contributed by atoms with van der Waals surface area (Å²) in [6.45, 7) is 7.55. The van der Waals surface area contributed by atoms with Gasteiger partial charge in [0, 0.05) is 12.8 Å². The lowest BCUT2D eigenvalue weighted by molar-refractivity contribution is -0.162. The van der Waals surface area contributed by atoms with Gasteiger partial charge in [-0.2, -0.15) is 0 Å². The Labute approximate surface area is 436 Å². The number of hydrogen-bond acceptors (Lipinski definition) is 5. The van der Waals surface area contributed by atoms with E-state index >= 15 is 0 Å². The van der Waals surface area contributed by atoms with E-state index in [4.69, 9.17) is 14.2 Å². The van der Waals surface area contributed by atoms with Gasteiger partial charge in [0.25, 0.3) is 0 Å². The van der Waals surface area contributed by atoms with Crippen molar-refractivity contribution >= 4 is 11.9 Å². The second kappa shape index (κ2) is 60.6. The van der Waals surface area contributed by atoms with Crippen LogP contribution in [-0.4, -0.2) is 37.9 Å². The van der Waals surface area contributed by atoms with Gasteiger partial charge in [0.2, 0.25) is 0 Å². The number of carbonyl (C=O) groups is 2. The maximum Gasteiger partial charge on any atom is 0.306 e. The van der Waals surface area contributed by atoms with E-state index in [1.807, 2.05) is 0 Å². The topological polar surface area (TPSA) is 61.8 Å². The predicted octanol–water partition coefficient (Wildman–Crippen LogP) is 21.0. The molecule has 0 N–H and O–H groups in total. The molecular formula is C65H116O5. The van der Waals surface area contributed by atoms with Gasteiger partial charge in [-0.1, -0.05) is 286 Å². The van der Waals surface area contributed by atoms with Crippen LogP contribution >= 0.6 is 0 Å². The lowest BCUT2D eigenvalue weighted by Gasteiger charge is -2.18. The summed E-state index contributed by atoms with van der Waals surface area (Å²) >= 11 is 0. The van der Waals surface area contributed by atoms with Crippen molar-refractivity contribution in [2.24, 2.45) is 0 Å². The Balaban J connectivity index is 4.32. The first-order valence-corrected chi connectivity index (χ1v) is 30.5. The molecule has 0 aromatic carbocycles. The Morgan fingerprint density at radius 1 is 0.329 bits per heavy atom. The average molecular weight is 978 g/mol. The van der Waals surface area contributed by atoms with Crippen LogP contribution < -0.4 is 0 Å². The summed E-state index contributed by atoms with van der Waals surface area (Å²) in [6, 6.07) is 0. The van der Waals surface area contributed by atoms with Crippen molar-refractivity contribution in [2.45, 2.75) is 309 Å². The molecule has 0 heterocycles. The standard InChI is InChI=1S/C65H116O5/c1-4-7-10-13-16-19-22-25-28-31-33-35-37-40-43-46-49-52-55-58-64(66)69-62-63(61-68-60-57-54-51-48-45-42-39-30-27-24-21-18-15-12-9-6-3)70-65(67)59-56-53-50-47-44-41-38-36-34-32-29-26-23-20-17-14-11-8-5-2/h9,12,18,21,25,27-28,30,42,45,51,54,63H,4-8,10-11,13-17,19-20,22-24,26,29,31-41,43-44,46-50,52-53,55-62H2,1-3H3/b12-9-,21-18-,28-25-,30-27-,45-42-,54-51-. The van der Waals surface area contributed by atoms with Crippen LogP contribution in [-0.2, 0) is 23.8 Å². The number of hydrogen-bond donors (Lipinski definition) is 0. The Morgan fingerprint density at radius 3 is 1.03 bits per heavy atom. The molecule has 0 aliphatic carbocycles. The minimum absolute atomic E-state index is 0.0559. The average Bonchev–Trinajstić information content (AvgIpc) is 3.36. The highest BCUT2D eigenvalue weighted by Crippen LogP contribution is 2.17. The van der Waals surface area contributed by atoms with Crippen molar-refractivity contribution in [3.63, 3.8) is 0 Å². The van der Waals surface area contributed by atoms with Crippen molar-refractivity contribution in [2.75, 3.05) is 19.8 Å². The fourth-order valence-electron chi connectivity index (χ4n) is 8.75. The van der Waals surface area contributed by atoms with Crippen molar-refractivity contribution in [1.82, 2.24) is 0 Å². The molecule has 5 nitrogen and oxygen atoms in total. The van der Waals surface area contributed by atoms with E-state index in [1.54, 1.807) is 0 Å². The number of unbranched alkanes of at least 4 members (excludes halogenated alkanes) is 33. The molecule has 0 amide bonds. The third kappa shape index (κ3) is 57.9. The minimum Gasteiger partial charge on any atom is -0.462 e. The van der Waals surface area contributed by atoms with Crippen LogP contribution in [0.3, 0.4) is 0 Å². The highest BCUT2D eigenvalue weighted by Gasteiger charge is 2.17. The van der Waals surface area contributed by atoms with Crippen LogP contribution in [0, 0.1) is 0 Å². The van der Waals surface area contributed by atoms with Gasteiger partial charge in [-0.3, -0.25) is 9.59 Å². The van der Waals surface area contributed by atoms with Crippen LogP contribution in [0.2, 0.25) is 0 Å². The third-order valence-electron chi connectivity index (χ3n) is 13.2. The second-order valence-corrected chi connectivity index (χ2v) is 20.2. The first-order valence-electron chi connectivity index (χ1n) is 30.5. The maximum atomic E-state index is 12.9. The Kier molecular flexibility index (Phi) is 58.3. The van der Waals surface area contributed by atoms with Gasteiger partial charge in [0.05, 0.1) is 13.2 Å². The van der Waals surface area contributed by atoms with Crippen LogP contribution in [0.4, 0.5) is 0 Å². The molecule has 0 aliphatic heterocycles. The Hall–Kier alpha value is -2.66. The van der Waals surface area contributed by atoms with Gasteiger partial charge >= 0.3 is 11.9 Å². The number of ether oxygens (including phenoxy) is 3. The summed E-state index contributed by atoms with van der Waals surface area (Å²) in [5.74, 6) is -0.426. The van der Waals surface area contributed by atoms with Gasteiger partial charge < -0.3 is 14.2 Å². The number of carbonyl (C=O) groups excluding carboxylic acids is 2. The van der Waals surface area contributed by atoms with E-state index in [2.05, 4.69) is 93.7 Å². The molecule has 0 spiro atoms. The van der Waals surface area contributed by atoms with Crippen molar-refractivity contribution in [3.05, 3.63) is 72.9 Å². The number of rotatable bonds is 56. The molecule has 0 aromatic heterocycles. The largest absolute Gasteiger partial charge is 0.462 e. The lowest BCUT2D eigenvalue weighted by Crippen LogP contribution is -2.30. The van der Waals surface area contributed by atoms with Crippen LogP contribution in [0.1, 0.15) is 303 Å². The van der Waals surface area contributed by atoms with Crippen LogP contribution in [0.15, 0.2) is 72.9 Å². The highest BCUT2D eigenvalue weighted by atomic mass is 16.6. The van der Waals surface area contributed by atoms with Crippen molar-refractivity contribution in [1.29, 1.82) is 0 Å². The molecule has 0 bridgehead atoms. The summed E-state index contributed by atoms with van der Waals surface area (Å²) < 4.78 is 17.4. The van der Waals surface area contributed by atoms with Crippen LogP contribution in [0.25, 0.3) is 0 Å². The molecule has 0 saturated heterocycles. The smallest absolute Gasteiger partial charge is 0.306 e. The molecule has 0 fully saturated rings. The van der Waals surface area contributed by atoms with E-state index in [0.29, 0.717) is 19.4 Å². The van der Waals surface area contributed by atoms with Crippen LogP contribution in [0.5, 0.6) is 0 Å². The molecule has 1 unspecified atom stereocenters. The summed E-state index contributed by atoms with van der Waals surface area (Å²) in [5, 5.41) is 0. The summed E-state index contributed by atoms with van der Waals surface area (Å²) in [4.78, 5) is 25.6. The summed E-state index contributed by atoms with van der Waals surface area (Å²) in [7, 11) is 0. The molecule has 0 radical (unpaired) electrons. The first-order chi connectivity index (χ1) is 34.6. The Bertz CT molecular complexity index is 1240. The van der Waals surface area contributed by atoms with Gasteiger partial charge in [0.1, 0.15) is 6.61 Å². The molecule has 0 aromatic rings. The van der Waals surface area contributed by atoms with E-state index in [9.17, 15) is 9.59 Å². The van der Waals surface area contributed by atoms with Crippen molar-refractivity contribution in [3.8, 4) is 0 Å². The first kappa shape index (κ1) is 67.3. The molecule has 0 saturated carbocycles. The van der Waals surface area contributed by atoms with Gasteiger partial charge in [-0.25, -0.2) is 0 Å². The molecule has 70 heavy (non-hydrogen) atoms. The Morgan fingerprint density at radius 2 is 0.643 bits per heavy atom. The molecule has 406 valence electrons. The second-order valence-electron chi connectivity index (χ2n) is 20.2. The van der Waals surface area contributed by atoms with Crippen molar-refractivity contribution < 1.29 is 23.8 Å². The SMILES string of the molecule is CC/C=C\C/C=C\C/C=C\C/C=C\C/C=C\CCOCC(COC(=O)CCCCCCCCCCC/C=C\CCCCCCCC)OC(=O)CCCCCCCCCCCCCCCCCCCCC. The maximum absolute atomic E-state index is 12.9. The zero-order chi connectivity index (χ0) is 50.6. The molecule has 0 rings (SSSR count). The highest BCUT2D eigenvalue weighted by molar-refractivity contribution is 5.70. The van der Waals surface area contributed by atoms with Gasteiger partial charge in [-0.15, -0.1) is 0 Å². The quantitative estimate of drug-likeness (QED) is 0.0345. The van der Waals surface area contributed by atoms with Gasteiger partial charge in [-0.05, 0) is 77.0 Å². The van der Waals surface area contributed by atoms with E-state index in [1.165, 1.54) is 205 Å². The normalized spacial score (nSPS) is 12.7. The molecule has 0 aliphatic rings. The monoisotopic (exact) mass is 977 g/mol. The van der Waals surface area contributed by atoms with Gasteiger partial charge in [0.15, 0.2) is 6.10 Å². The summed E-state index contributed by atoms with van der Waals surface area (Å²) in [5.41, 5.74) is 0.